The van der Waals surface area contributed by atoms with Crippen molar-refractivity contribution in [2.75, 3.05) is 0 Å². The Morgan fingerprint density at radius 3 is 2.14 bits per heavy atom. The van der Waals surface area contributed by atoms with Crippen LogP contribution in [-0.4, -0.2) is 34.3 Å². The first-order chi connectivity index (χ1) is 13.9. The first-order valence-corrected chi connectivity index (χ1v) is 9.94. The van der Waals surface area contributed by atoms with Gasteiger partial charge >= 0.3 is 11.9 Å². The lowest BCUT2D eigenvalue weighted by Gasteiger charge is -2.22. The highest BCUT2D eigenvalue weighted by Gasteiger charge is 2.28. The maximum absolute atomic E-state index is 11.1. The number of carboxylic acid groups (broad SMARTS) is 2. The molecule has 6 nitrogen and oxygen atoms in total. The Morgan fingerprint density at radius 1 is 0.966 bits per heavy atom. The highest BCUT2D eigenvalue weighted by Crippen LogP contribution is 2.31. The van der Waals surface area contributed by atoms with Gasteiger partial charge in [-0.3, -0.25) is 9.59 Å². The third kappa shape index (κ3) is 6.91. The molecule has 2 aromatic carbocycles. The van der Waals surface area contributed by atoms with Gasteiger partial charge in [-0.1, -0.05) is 68.7 Å². The van der Waals surface area contributed by atoms with Crippen molar-refractivity contribution >= 4 is 11.9 Å². The van der Waals surface area contributed by atoms with Gasteiger partial charge in [0.15, 0.2) is 0 Å². The summed E-state index contributed by atoms with van der Waals surface area (Å²) in [5.74, 6) is -1.80. The van der Waals surface area contributed by atoms with Crippen molar-refractivity contribution < 1.29 is 24.5 Å². The number of aliphatic carboxylic acids is 2. The number of benzene rings is 2. The first-order valence-electron chi connectivity index (χ1n) is 9.94. The molecule has 6 heteroatoms. The highest BCUT2D eigenvalue weighted by atomic mass is 16.5. The quantitative estimate of drug-likeness (QED) is 0.465. The smallest absolute Gasteiger partial charge is 0.324 e. The molecule has 0 saturated heterocycles. The van der Waals surface area contributed by atoms with Crippen LogP contribution in [0, 0.1) is 0 Å². The summed E-state index contributed by atoms with van der Waals surface area (Å²) < 4.78 is 5.60. The second kappa shape index (κ2) is 11.2. The third-order valence-electron chi connectivity index (χ3n) is 4.93. The minimum absolute atomic E-state index is 0.257. The van der Waals surface area contributed by atoms with E-state index < -0.39 is 30.5 Å². The molecule has 2 rings (SSSR count). The van der Waals surface area contributed by atoms with E-state index >= 15 is 0 Å². The zero-order valence-corrected chi connectivity index (χ0v) is 16.7. The molecule has 4 N–H and O–H groups in total. The lowest BCUT2D eigenvalue weighted by Crippen LogP contribution is -2.46. The molecule has 3 atom stereocenters. The second-order valence-electron chi connectivity index (χ2n) is 7.15. The Labute approximate surface area is 171 Å². The van der Waals surface area contributed by atoms with E-state index in [1.54, 1.807) is 12.1 Å². The summed E-state index contributed by atoms with van der Waals surface area (Å²) in [5.41, 5.74) is 7.97. The Hall–Kier alpha value is -2.86. The van der Waals surface area contributed by atoms with E-state index in [1.165, 1.54) is 12.0 Å². The fourth-order valence-corrected chi connectivity index (χ4v) is 3.34. The maximum Gasteiger partial charge on any atom is 0.324 e. The molecule has 0 aliphatic heterocycles. The van der Waals surface area contributed by atoms with Crippen LogP contribution in [0.2, 0.25) is 0 Å². The average molecular weight is 399 g/mol. The number of unbranched alkanes of at least 4 members (excludes halogenated alkanes) is 2. The summed E-state index contributed by atoms with van der Waals surface area (Å²) in [6.45, 7) is 2.18. The van der Waals surface area contributed by atoms with Gasteiger partial charge in [0.1, 0.15) is 17.9 Å². The van der Waals surface area contributed by atoms with E-state index in [1.807, 2.05) is 30.3 Å². The minimum Gasteiger partial charge on any atom is -0.488 e. The number of rotatable bonds is 12. The predicted octanol–water partition coefficient (Wildman–Crippen LogP) is 4.03. The number of hydrogen-bond acceptors (Lipinski definition) is 4. The normalized spacial score (nSPS) is 14.0. The fraction of sp³-hybridized carbons (Fsp3) is 0.391. The topological polar surface area (TPSA) is 110 Å². The predicted molar refractivity (Wildman–Crippen MR) is 111 cm³/mol. The van der Waals surface area contributed by atoms with Gasteiger partial charge in [0, 0.05) is 5.92 Å². The maximum atomic E-state index is 11.1. The van der Waals surface area contributed by atoms with Crippen molar-refractivity contribution in [3.63, 3.8) is 0 Å². The molecular weight excluding hydrogens is 370 g/mol. The first kappa shape index (κ1) is 22.4. The summed E-state index contributed by atoms with van der Waals surface area (Å²) in [7, 11) is 0. The third-order valence-corrected chi connectivity index (χ3v) is 4.93. The average Bonchev–Trinajstić information content (AvgIpc) is 2.71. The lowest BCUT2D eigenvalue weighted by molar-refractivity contribution is -0.143. The van der Waals surface area contributed by atoms with Crippen molar-refractivity contribution in [1.29, 1.82) is 0 Å². The molecule has 0 saturated carbocycles. The van der Waals surface area contributed by atoms with Gasteiger partial charge in [-0.25, -0.2) is 0 Å². The van der Waals surface area contributed by atoms with Crippen LogP contribution in [0.1, 0.15) is 56.1 Å². The molecule has 0 fully saturated rings. The monoisotopic (exact) mass is 399 g/mol. The number of hydrogen-bond donors (Lipinski definition) is 3. The zero-order chi connectivity index (χ0) is 21.2. The standard InChI is InChI=1S/C23H29NO5/c1-2-3-5-10-19(16-8-6-4-7-9-16)17-11-13-18(14-12-17)29-20(15-21(25)26)22(24)23(27)28/h4,6-9,11-14,19-20,22H,2-3,5,10,15,24H2,1H3,(H,25,26)(H,27,28). The molecule has 0 heterocycles. The summed E-state index contributed by atoms with van der Waals surface area (Å²) in [6.07, 6.45) is 2.85. The van der Waals surface area contributed by atoms with Crippen molar-refractivity contribution in [2.24, 2.45) is 5.73 Å². The molecule has 0 bridgehead atoms. The van der Waals surface area contributed by atoms with Crippen LogP contribution in [0.3, 0.4) is 0 Å². The molecule has 0 spiro atoms. The molecule has 29 heavy (non-hydrogen) atoms. The number of carbonyl (C=O) groups is 2. The van der Waals surface area contributed by atoms with E-state index in [9.17, 15) is 9.59 Å². The largest absolute Gasteiger partial charge is 0.488 e. The molecule has 0 radical (unpaired) electrons. The minimum atomic E-state index is -1.42. The second-order valence-corrected chi connectivity index (χ2v) is 7.15. The van der Waals surface area contributed by atoms with Crippen LogP contribution in [0.15, 0.2) is 54.6 Å². The van der Waals surface area contributed by atoms with Crippen molar-refractivity contribution in [3.8, 4) is 5.75 Å². The molecule has 0 amide bonds. The van der Waals surface area contributed by atoms with E-state index in [0.717, 1.165) is 24.8 Å². The summed E-state index contributed by atoms with van der Waals surface area (Å²) in [6, 6.07) is 16.3. The molecule has 3 unspecified atom stereocenters. The van der Waals surface area contributed by atoms with Crippen molar-refractivity contribution in [3.05, 3.63) is 65.7 Å². The van der Waals surface area contributed by atoms with Crippen LogP contribution in [0.4, 0.5) is 0 Å². The Bertz CT molecular complexity index is 776. The van der Waals surface area contributed by atoms with Crippen LogP contribution in [-0.2, 0) is 9.59 Å². The molecule has 2 aromatic rings. The van der Waals surface area contributed by atoms with Gasteiger partial charge < -0.3 is 20.7 Å². The van der Waals surface area contributed by atoms with Crippen molar-refractivity contribution in [1.82, 2.24) is 0 Å². The zero-order valence-electron chi connectivity index (χ0n) is 16.7. The number of ether oxygens (including phenoxy) is 1. The lowest BCUT2D eigenvalue weighted by atomic mass is 9.87. The SMILES string of the molecule is CCCCCC(c1ccccc1)c1ccc(OC(CC(=O)O)C(N)C(=O)O)cc1. The summed E-state index contributed by atoms with van der Waals surface area (Å²) >= 11 is 0. The van der Waals surface area contributed by atoms with Gasteiger partial charge in [0.05, 0.1) is 6.42 Å². The fourth-order valence-electron chi connectivity index (χ4n) is 3.34. The Morgan fingerprint density at radius 2 is 1.59 bits per heavy atom. The van der Waals surface area contributed by atoms with E-state index in [-0.39, 0.29) is 5.92 Å². The van der Waals surface area contributed by atoms with Crippen LogP contribution in [0.5, 0.6) is 5.75 Å². The Balaban J connectivity index is 2.18. The van der Waals surface area contributed by atoms with E-state index in [2.05, 4.69) is 19.1 Å². The molecule has 0 aliphatic rings. The van der Waals surface area contributed by atoms with Crippen LogP contribution < -0.4 is 10.5 Å². The van der Waals surface area contributed by atoms with Crippen LogP contribution in [0.25, 0.3) is 0 Å². The van der Waals surface area contributed by atoms with Crippen molar-refractivity contribution in [2.45, 2.75) is 57.1 Å². The number of nitrogens with two attached hydrogens (primary N) is 1. The van der Waals surface area contributed by atoms with Gasteiger partial charge in [-0.15, -0.1) is 0 Å². The summed E-state index contributed by atoms with van der Waals surface area (Å²) in [4.78, 5) is 22.2. The number of carboxylic acids is 2. The van der Waals surface area contributed by atoms with Crippen LogP contribution >= 0.6 is 0 Å². The van der Waals surface area contributed by atoms with E-state index in [0.29, 0.717) is 5.75 Å². The van der Waals surface area contributed by atoms with E-state index in [4.69, 9.17) is 20.7 Å². The molecular formula is C23H29NO5. The van der Waals surface area contributed by atoms with Gasteiger partial charge in [0.25, 0.3) is 0 Å². The summed E-state index contributed by atoms with van der Waals surface area (Å²) in [5, 5.41) is 18.1. The highest BCUT2D eigenvalue weighted by molar-refractivity contribution is 5.76. The van der Waals surface area contributed by atoms with Gasteiger partial charge in [-0.05, 0) is 29.7 Å². The molecule has 0 aliphatic carbocycles. The Kier molecular flexibility index (Phi) is 8.68. The molecule has 156 valence electrons. The van der Waals surface area contributed by atoms with Gasteiger partial charge in [-0.2, -0.15) is 0 Å². The van der Waals surface area contributed by atoms with Gasteiger partial charge in [0.2, 0.25) is 0 Å². The molecule has 0 aromatic heterocycles.